The van der Waals surface area contributed by atoms with Gasteiger partial charge in [0.15, 0.2) is 3.79 Å². The predicted molar refractivity (Wildman–Crippen MR) is 46.3 cm³/mol. The van der Waals surface area contributed by atoms with Crippen LogP contribution in [0.4, 0.5) is 0 Å². The van der Waals surface area contributed by atoms with Crippen molar-refractivity contribution < 1.29 is 9.90 Å². The summed E-state index contributed by atoms with van der Waals surface area (Å²) in [5, 5.41) is 8.35. The summed E-state index contributed by atoms with van der Waals surface area (Å²) in [6.45, 7) is 3.28. The maximum Gasteiger partial charge on any atom is 0.330 e. The van der Waals surface area contributed by atoms with Gasteiger partial charge >= 0.3 is 5.97 Å². The van der Waals surface area contributed by atoms with Crippen molar-refractivity contribution in [1.82, 2.24) is 0 Å². The van der Waals surface area contributed by atoms with E-state index in [9.17, 15) is 4.79 Å². The zero-order valence-corrected chi connectivity index (χ0v) is 7.88. The highest BCUT2D eigenvalue weighted by atomic mass is 35.6. The molecule has 2 nitrogen and oxygen atoms in total. The van der Waals surface area contributed by atoms with Crippen LogP contribution in [0, 0.1) is 0 Å². The SMILES string of the molecule is C=C(CCC(Cl)(Cl)Cl)C(=O)O. The molecule has 5 heteroatoms. The molecule has 0 aliphatic heterocycles. The molecule has 0 radical (unpaired) electrons. The van der Waals surface area contributed by atoms with E-state index in [4.69, 9.17) is 39.9 Å². The first-order valence-electron chi connectivity index (χ1n) is 2.81. The van der Waals surface area contributed by atoms with E-state index in [1.165, 1.54) is 0 Å². The van der Waals surface area contributed by atoms with E-state index < -0.39 is 9.76 Å². The minimum absolute atomic E-state index is 0.0522. The maximum atomic E-state index is 10.2. The Balaban J connectivity index is 3.73. The molecular weight excluding hydrogens is 210 g/mol. The topological polar surface area (TPSA) is 37.3 Å². The number of hydrogen-bond acceptors (Lipinski definition) is 1. The molecule has 0 spiro atoms. The second-order valence-electron chi connectivity index (χ2n) is 2.02. The van der Waals surface area contributed by atoms with Gasteiger partial charge in [0, 0.05) is 5.57 Å². The first-order chi connectivity index (χ1) is 4.83. The van der Waals surface area contributed by atoms with E-state index in [0.29, 0.717) is 0 Å². The van der Waals surface area contributed by atoms with Crippen molar-refractivity contribution in [3.63, 3.8) is 0 Å². The van der Waals surface area contributed by atoms with E-state index in [-0.39, 0.29) is 18.4 Å². The molecule has 11 heavy (non-hydrogen) atoms. The van der Waals surface area contributed by atoms with E-state index >= 15 is 0 Å². The molecule has 0 aromatic carbocycles. The van der Waals surface area contributed by atoms with E-state index in [0.717, 1.165) is 0 Å². The Morgan fingerprint density at radius 2 is 1.91 bits per heavy atom. The molecule has 0 saturated heterocycles. The molecule has 0 bridgehead atoms. The molecule has 0 unspecified atom stereocenters. The first kappa shape index (κ1) is 11.1. The van der Waals surface area contributed by atoms with Crippen molar-refractivity contribution >= 4 is 40.8 Å². The minimum atomic E-state index is -1.39. The Labute approximate surface area is 79.7 Å². The summed E-state index contributed by atoms with van der Waals surface area (Å²) in [4.78, 5) is 10.2. The lowest BCUT2D eigenvalue weighted by Gasteiger charge is -2.09. The number of carbonyl (C=O) groups is 1. The Hall–Kier alpha value is 0.0800. The van der Waals surface area contributed by atoms with Gasteiger partial charge in [-0.15, -0.1) is 0 Å². The van der Waals surface area contributed by atoms with Crippen LogP contribution in [0.15, 0.2) is 12.2 Å². The fourth-order valence-corrected chi connectivity index (χ4v) is 0.683. The molecule has 0 rings (SSSR count). The number of carboxylic acid groups (broad SMARTS) is 1. The largest absolute Gasteiger partial charge is 0.478 e. The van der Waals surface area contributed by atoms with Crippen molar-refractivity contribution in [2.45, 2.75) is 16.6 Å². The lowest BCUT2D eigenvalue weighted by molar-refractivity contribution is -0.132. The van der Waals surface area contributed by atoms with Crippen LogP contribution in [0.2, 0.25) is 0 Å². The zero-order valence-electron chi connectivity index (χ0n) is 5.61. The lowest BCUT2D eigenvalue weighted by atomic mass is 10.2. The van der Waals surface area contributed by atoms with Crippen LogP contribution in [0.5, 0.6) is 0 Å². The van der Waals surface area contributed by atoms with E-state index in [1.807, 2.05) is 0 Å². The molecule has 0 aliphatic rings. The average Bonchev–Trinajstić information content (AvgIpc) is 1.80. The fraction of sp³-hybridized carbons (Fsp3) is 0.500. The van der Waals surface area contributed by atoms with Gasteiger partial charge in [0.25, 0.3) is 0 Å². The quantitative estimate of drug-likeness (QED) is 0.583. The van der Waals surface area contributed by atoms with Crippen LogP contribution in [0.3, 0.4) is 0 Å². The van der Waals surface area contributed by atoms with Crippen LogP contribution >= 0.6 is 34.8 Å². The Bertz CT molecular complexity index is 171. The number of halogens is 3. The molecule has 0 atom stereocenters. The molecule has 0 aromatic rings. The third-order valence-electron chi connectivity index (χ3n) is 1.01. The number of alkyl halides is 3. The third kappa shape index (κ3) is 6.48. The lowest BCUT2D eigenvalue weighted by Crippen LogP contribution is -2.06. The summed E-state index contributed by atoms with van der Waals surface area (Å²) in [6.07, 6.45) is 0.356. The van der Waals surface area contributed by atoms with Gasteiger partial charge in [-0.25, -0.2) is 4.79 Å². The number of hydrogen-bond donors (Lipinski definition) is 1. The highest BCUT2D eigenvalue weighted by Gasteiger charge is 2.20. The Morgan fingerprint density at radius 1 is 1.45 bits per heavy atom. The number of rotatable bonds is 3. The molecule has 0 fully saturated rings. The smallest absolute Gasteiger partial charge is 0.330 e. The van der Waals surface area contributed by atoms with Gasteiger partial charge in [-0.3, -0.25) is 0 Å². The second kappa shape index (κ2) is 4.19. The Kier molecular flexibility index (Phi) is 4.22. The summed E-state index contributed by atoms with van der Waals surface area (Å²) in [5.41, 5.74) is 0.0522. The van der Waals surface area contributed by atoms with Gasteiger partial charge in [0.05, 0.1) is 0 Å². The van der Waals surface area contributed by atoms with E-state index in [2.05, 4.69) is 6.58 Å². The molecule has 0 saturated carbocycles. The monoisotopic (exact) mass is 216 g/mol. The predicted octanol–water partition coefficient (Wildman–Crippen LogP) is 2.78. The summed E-state index contributed by atoms with van der Waals surface area (Å²) < 4.78 is -1.39. The maximum absolute atomic E-state index is 10.2. The van der Waals surface area contributed by atoms with Gasteiger partial charge in [-0.2, -0.15) is 0 Å². The summed E-state index contributed by atoms with van der Waals surface area (Å²) in [7, 11) is 0. The van der Waals surface area contributed by atoms with Gasteiger partial charge < -0.3 is 5.11 Å². The minimum Gasteiger partial charge on any atom is -0.478 e. The highest BCUT2D eigenvalue weighted by molar-refractivity contribution is 6.67. The van der Waals surface area contributed by atoms with Crippen molar-refractivity contribution in [3.05, 3.63) is 12.2 Å². The summed E-state index contributed by atoms with van der Waals surface area (Å²) >= 11 is 16.1. The molecule has 1 N–H and O–H groups in total. The van der Waals surface area contributed by atoms with Crippen LogP contribution in [0.1, 0.15) is 12.8 Å². The number of aliphatic carboxylic acids is 1. The van der Waals surface area contributed by atoms with E-state index in [1.54, 1.807) is 0 Å². The van der Waals surface area contributed by atoms with Crippen molar-refractivity contribution in [2.24, 2.45) is 0 Å². The second-order valence-corrected chi connectivity index (χ2v) is 4.54. The first-order valence-corrected chi connectivity index (χ1v) is 3.94. The molecular formula is C6H7Cl3O2. The molecule has 0 aromatic heterocycles. The van der Waals surface area contributed by atoms with Gasteiger partial charge in [0.1, 0.15) is 0 Å². The summed E-state index contributed by atoms with van der Waals surface area (Å²) in [6, 6.07) is 0. The van der Waals surface area contributed by atoms with Crippen molar-refractivity contribution in [3.8, 4) is 0 Å². The molecule has 0 aliphatic carbocycles. The van der Waals surface area contributed by atoms with Crippen molar-refractivity contribution in [2.75, 3.05) is 0 Å². The standard InChI is InChI=1S/C6H7Cl3O2/c1-4(5(10)11)2-3-6(7,8)9/h1-3H2,(H,10,11). The van der Waals surface area contributed by atoms with Crippen LogP contribution in [-0.2, 0) is 4.79 Å². The van der Waals surface area contributed by atoms with Crippen LogP contribution in [0.25, 0.3) is 0 Å². The Morgan fingerprint density at radius 3 is 2.18 bits per heavy atom. The third-order valence-corrected chi connectivity index (χ3v) is 1.58. The fourth-order valence-electron chi connectivity index (χ4n) is 0.400. The molecule has 64 valence electrons. The van der Waals surface area contributed by atoms with Gasteiger partial charge in [-0.1, -0.05) is 41.4 Å². The van der Waals surface area contributed by atoms with Crippen LogP contribution < -0.4 is 0 Å². The normalized spacial score (nSPS) is 11.2. The summed E-state index contributed by atoms with van der Waals surface area (Å²) in [5.74, 6) is -1.06. The molecule has 0 amide bonds. The van der Waals surface area contributed by atoms with Gasteiger partial charge in [0.2, 0.25) is 0 Å². The average molecular weight is 217 g/mol. The van der Waals surface area contributed by atoms with Crippen molar-refractivity contribution in [1.29, 1.82) is 0 Å². The molecule has 0 heterocycles. The zero-order chi connectivity index (χ0) is 9.07. The van der Waals surface area contributed by atoms with Gasteiger partial charge in [-0.05, 0) is 12.8 Å². The highest BCUT2D eigenvalue weighted by Crippen LogP contribution is 2.32. The van der Waals surface area contributed by atoms with Crippen LogP contribution in [-0.4, -0.2) is 14.9 Å². The number of carboxylic acids is 1.